The van der Waals surface area contributed by atoms with Crippen LogP contribution >= 0.6 is 0 Å². The van der Waals surface area contributed by atoms with Gasteiger partial charge < -0.3 is 5.32 Å². The molecule has 0 radical (unpaired) electrons. The number of amides is 1. The van der Waals surface area contributed by atoms with E-state index in [4.69, 9.17) is 0 Å². The first kappa shape index (κ1) is 9.39. The van der Waals surface area contributed by atoms with Crippen molar-refractivity contribution >= 4 is 5.91 Å². The van der Waals surface area contributed by atoms with Gasteiger partial charge in [0, 0.05) is 7.05 Å². The van der Waals surface area contributed by atoms with Gasteiger partial charge >= 0.3 is 0 Å². The summed E-state index contributed by atoms with van der Waals surface area (Å²) in [7, 11) is 1.60. The van der Waals surface area contributed by atoms with Gasteiger partial charge in [0.15, 0.2) is 0 Å². The quantitative estimate of drug-likeness (QED) is 0.776. The lowest BCUT2D eigenvalue weighted by Gasteiger charge is -2.06. The lowest BCUT2D eigenvalue weighted by Crippen LogP contribution is -2.20. The summed E-state index contributed by atoms with van der Waals surface area (Å²) >= 11 is 0. The van der Waals surface area contributed by atoms with Crippen LogP contribution in [-0.4, -0.2) is 27.9 Å². The maximum Gasteiger partial charge on any atom is 0.253 e. The van der Waals surface area contributed by atoms with Crippen LogP contribution in [0, 0.1) is 0 Å². The van der Waals surface area contributed by atoms with E-state index in [2.05, 4.69) is 15.6 Å². The van der Waals surface area contributed by atoms with E-state index in [1.165, 1.54) is 0 Å². The molecule has 76 valence electrons. The number of aromatic nitrogens is 3. The average molecular weight is 202 g/mol. The summed E-state index contributed by atoms with van der Waals surface area (Å²) in [6, 6.07) is 7.23. The predicted molar refractivity (Wildman–Crippen MR) is 54.7 cm³/mol. The molecule has 0 spiro atoms. The van der Waals surface area contributed by atoms with Crippen LogP contribution in [0.3, 0.4) is 0 Å². The van der Waals surface area contributed by atoms with Crippen LogP contribution in [0.2, 0.25) is 0 Å². The fourth-order valence-corrected chi connectivity index (χ4v) is 1.34. The summed E-state index contributed by atoms with van der Waals surface area (Å²) in [5, 5.41) is 10.1. The first-order valence-corrected chi connectivity index (χ1v) is 4.50. The zero-order chi connectivity index (χ0) is 10.7. The molecule has 0 bridgehead atoms. The molecule has 0 aliphatic rings. The number of hydrogen-bond donors (Lipinski definition) is 1. The Bertz CT molecular complexity index is 464. The van der Waals surface area contributed by atoms with Gasteiger partial charge in [0.25, 0.3) is 5.91 Å². The van der Waals surface area contributed by atoms with Crippen LogP contribution in [0.25, 0.3) is 5.69 Å². The van der Waals surface area contributed by atoms with Gasteiger partial charge in [0.1, 0.15) is 0 Å². The summed E-state index contributed by atoms with van der Waals surface area (Å²) in [6.45, 7) is 0. The smallest absolute Gasteiger partial charge is 0.253 e. The summed E-state index contributed by atoms with van der Waals surface area (Å²) < 4.78 is 1.56. The molecule has 0 unspecified atom stereocenters. The molecule has 0 atom stereocenters. The van der Waals surface area contributed by atoms with E-state index in [0.717, 1.165) is 0 Å². The van der Waals surface area contributed by atoms with Gasteiger partial charge in [-0.1, -0.05) is 17.3 Å². The summed E-state index contributed by atoms with van der Waals surface area (Å²) in [4.78, 5) is 11.6. The molecule has 5 heteroatoms. The van der Waals surface area contributed by atoms with Crippen molar-refractivity contribution in [2.24, 2.45) is 0 Å². The van der Waals surface area contributed by atoms with Crippen LogP contribution in [0.15, 0.2) is 36.7 Å². The SMILES string of the molecule is CNC(=O)c1ccccc1-n1ccnn1. The normalized spacial score (nSPS) is 9.93. The molecule has 0 saturated carbocycles. The molecule has 2 aromatic rings. The molecule has 0 fully saturated rings. The summed E-state index contributed by atoms with van der Waals surface area (Å²) in [5.74, 6) is -0.138. The number of carbonyl (C=O) groups excluding carboxylic acids is 1. The lowest BCUT2D eigenvalue weighted by atomic mass is 10.1. The van der Waals surface area contributed by atoms with Gasteiger partial charge in [-0.25, -0.2) is 4.68 Å². The molecule has 1 aromatic carbocycles. The zero-order valence-corrected chi connectivity index (χ0v) is 8.21. The topological polar surface area (TPSA) is 59.8 Å². The molecule has 1 amide bonds. The van der Waals surface area contributed by atoms with Gasteiger partial charge in [-0.05, 0) is 12.1 Å². The van der Waals surface area contributed by atoms with Crippen molar-refractivity contribution in [3.63, 3.8) is 0 Å². The van der Waals surface area contributed by atoms with E-state index in [-0.39, 0.29) is 5.91 Å². The first-order valence-electron chi connectivity index (χ1n) is 4.50. The Balaban J connectivity index is 2.52. The van der Waals surface area contributed by atoms with Gasteiger partial charge in [-0.3, -0.25) is 4.79 Å². The summed E-state index contributed by atoms with van der Waals surface area (Å²) in [5.41, 5.74) is 1.29. The maximum atomic E-state index is 11.6. The monoisotopic (exact) mass is 202 g/mol. The van der Waals surface area contributed by atoms with Crippen molar-refractivity contribution in [2.45, 2.75) is 0 Å². The fourth-order valence-electron chi connectivity index (χ4n) is 1.34. The lowest BCUT2D eigenvalue weighted by molar-refractivity contribution is 0.0963. The highest BCUT2D eigenvalue weighted by Gasteiger charge is 2.10. The van der Waals surface area contributed by atoms with E-state index in [1.54, 1.807) is 30.2 Å². The van der Waals surface area contributed by atoms with E-state index in [1.807, 2.05) is 18.2 Å². The third-order valence-corrected chi connectivity index (χ3v) is 2.05. The number of nitrogens with zero attached hydrogens (tertiary/aromatic N) is 3. The van der Waals surface area contributed by atoms with Crippen molar-refractivity contribution in [2.75, 3.05) is 7.05 Å². The molecule has 15 heavy (non-hydrogen) atoms. The predicted octanol–water partition coefficient (Wildman–Crippen LogP) is 0.627. The second-order valence-corrected chi connectivity index (χ2v) is 2.94. The van der Waals surface area contributed by atoms with Gasteiger partial charge in [0.05, 0.1) is 23.6 Å². The Kier molecular flexibility index (Phi) is 2.45. The number of nitrogens with one attached hydrogen (secondary N) is 1. The van der Waals surface area contributed by atoms with E-state index >= 15 is 0 Å². The van der Waals surface area contributed by atoms with Crippen LogP contribution in [0.1, 0.15) is 10.4 Å². The van der Waals surface area contributed by atoms with Gasteiger partial charge in [-0.15, -0.1) is 5.10 Å². The second-order valence-electron chi connectivity index (χ2n) is 2.94. The molecular weight excluding hydrogens is 192 g/mol. The number of hydrogen-bond acceptors (Lipinski definition) is 3. The Morgan fingerprint density at radius 3 is 2.87 bits per heavy atom. The molecule has 5 nitrogen and oxygen atoms in total. The average Bonchev–Trinajstić information content (AvgIpc) is 2.81. The highest BCUT2D eigenvalue weighted by atomic mass is 16.1. The minimum Gasteiger partial charge on any atom is -0.355 e. The minimum atomic E-state index is -0.138. The largest absolute Gasteiger partial charge is 0.355 e. The van der Waals surface area contributed by atoms with Crippen LogP contribution < -0.4 is 5.32 Å². The molecular formula is C10H10N4O. The number of rotatable bonds is 2. The van der Waals surface area contributed by atoms with Crippen molar-refractivity contribution < 1.29 is 4.79 Å². The number of benzene rings is 1. The molecule has 0 aliphatic heterocycles. The highest BCUT2D eigenvalue weighted by molar-refractivity contribution is 5.97. The molecule has 0 aliphatic carbocycles. The standard InChI is InChI=1S/C10H10N4O/c1-11-10(15)8-4-2-3-5-9(8)14-7-6-12-13-14/h2-7H,1H3,(H,11,15). The molecule has 1 N–H and O–H groups in total. The molecule has 0 saturated heterocycles. The third kappa shape index (κ3) is 1.71. The van der Waals surface area contributed by atoms with E-state index in [0.29, 0.717) is 11.3 Å². The number of carbonyl (C=O) groups is 1. The zero-order valence-electron chi connectivity index (χ0n) is 8.21. The minimum absolute atomic E-state index is 0.138. The molecule has 2 rings (SSSR count). The van der Waals surface area contributed by atoms with Crippen molar-refractivity contribution in [3.05, 3.63) is 42.2 Å². The first-order chi connectivity index (χ1) is 7.33. The van der Waals surface area contributed by atoms with Crippen LogP contribution in [0.4, 0.5) is 0 Å². The maximum absolute atomic E-state index is 11.6. The number of para-hydroxylation sites is 1. The van der Waals surface area contributed by atoms with Crippen molar-refractivity contribution in [1.82, 2.24) is 20.3 Å². The van der Waals surface area contributed by atoms with Crippen molar-refractivity contribution in [1.29, 1.82) is 0 Å². The van der Waals surface area contributed by atoms with Crippen molar-refractivity contribution in [3.8, 4) is 5.69 Å². The van der Waals surface area contributed by atoms with Crippen LogP contribution in [0.5, 0.6) is 0 Å². The molecule has 1 aromatic heterocycles. The van der Waals surface area contributed by atoms with E-state index < -0.39 is 0 Å². The van der Waals surface area contributed by atoms with Gasteiger partial charge in [0.2, 0.25) is 0 Å². The molecule has 1 heterocycles. The van der Waals surface area contributed by atoms with Crippen LogP contribution in [-0.2, 0) is 0 Å². The summed E-state index contributed by atoms with van der Waals surface area (Å²) in [6.07, 6.45) is 3.27. The Morgan fingerprint density at radius 2 is 2.20 bits per heavy atom. The Labute approximate surface area is 86.7 Å². The second kappa shape index (κ2) is 3.91. The Hall–Kier alpha value is -2.17. The highest BCUT2D eigenvalue weighted by Crippen LogP contribution is 2.12. The Morgan fingerprint density at radius 1 is 1.40 bits per heavy atom. The fraction of sp³-hybridized carbons (Fsp3) is 0.100. The van der Waals surface area contributed by atoms with Gasteiger partial charge in [-0.2, -0.15) is 0 Å². The third-order valence-electron chi connectivity index (χ3n) is 2.05. The van der Waals surface area contributed by atoms with E-state index in [9.17, 15) is 4.79 Å².